The summed E-state index contributed by atoms with van der Waals surface area (Å²) in [6.07, 6.45) is 0. The van der Waals surface area contributed by atoms with Gasteiger partial charge in [0.15, 0.2) is 9.84 Å². The number of hydrogen-bond acceptors (Lipinski definition) is 4. The van der Waals surface area contributed by atoms with Gasteiger partial charge in [-0.2, -0.15) is 0 Å². The molecule has 1 fully saturated rings. The van der Waals surface area contributed by atoms with Crippen LogP contribution in [0.5, 0.6) is 0 Å². The number of thiocarbonyl (C=S) groups is 1. The van der Waals surface area contributed by atoms with E-state index in [1.807, 2.05) is 13.0 Å². The van der Waals surface area contributed by atoms with Gasteiger partial charge in [-0.3, -0.25) is 0 Å². The van der Waals surface area contributed by atoms with Crippen LogP contribution in [0.15, 0.2) is 53.4 Å². The Kier molecular flexibility index (Phi) is 5.14. The largest absolute Gasteiger partial charge is 0.393 e. The van der Waals surface area contributed by atoms with E-state index in [9.17, 15) is 8.42 Å². The molecular weight excluding hydrogens is 390 g/mol. The molecule has 138 valence electrons. The van der Waals surface area contributed by atoms with Crippen LogP contribution in [0, 0.1) is 12.3 Å². The van der Waals surface area contributed by atoms with Crippen molar-refractivity contribution in [2.24, 2.45) is 11.1 Å². The van der Waals surface area contributed by atoms with Gasteiger partial charge in [-0.15, -0.1) is 0 Å². The zero-order valence-electron chi connectivity index (χ0n) is 14.5. The Morgan fingerprint density at radius 3 is 2.46 bits per heavy atom. The minimum absolute atomic E-state index is 0.134. The second kappa shape index (κ2) is 6.93. The molecule has 2 aromatic rings. The third-order valence-electron chi connectivity index (χ3n) is 4.99. The summed E-state index contributed by atoms with van der Waals surface area (Å²) in [5.74, 6) is -0.398. The molecule has 0 spiro atoms. The Labute approximate surface area is 164 Å². The fourth-order valence-electron chi connectivity index (χ4n) is 3.68. The summed E-state index contributed by atoms with van der Waals surface area (Å²) >= 11 is 11.4. The monoisotopic (exact) mass is 409 g/mol. The van der Waals surface area contributed by atoms with Crippen LogP contribution in [0.4, 0.5) is 0 Å². The van der Waals surface area contributed by atoms with Gasteiger partial charge in [0, 0.05) is 18.1 Å². The molecule has 1 aliphatic rings. The van der Waals surface area contributed by atoms with Crippen molar-refractivity contribution in [2.75, 3.05) is 13.7 Å². The molecule has 26 heavy (non-hydrogen) atoms. The highest BCUT2D eigenvalue weighted by atomic mass is 35.5. The number of aryl methyl sites for hydroxylation is 1. The van der Waals surface area contributed by atoms with Crippen LogP contribution in [0.25, 0.3) is 0 Å². The molecule has 3 unspecified atom stereocenters. The summed E-state index contributed by atoms with van der Waals surface area (Å²) in [5.41, 5.74) is 6.87. The number of rotatable bonds is 6. The van der Waals surface area contributed by atoms with Crippen molar-refractivity contribution in [1.82, 2.24) is 0 Å². The molecule has 0 saturated heterocycles. The van der Waals surface area contributed by atoms with Crippen LogP contribution in [0.3, 0.4) is 0 Å². The minimum Gasteiger partial charge on any atom is -0.393 e. The maximum Gasteiger partial charge on any atom is 0.182 e. The van der Waals surface area contributed by atoms with Crippen LogP contribution in [0.1, 0.15) is 17.0 Å². The maximum atomic E-state index is 13.4. The van der Waals surface area contributed by atoms with E-state index in [2.05, 4.69) is 0 Å². The molecule has 0 amide bonds. The molecule has 2 N–H and O–H groups in total. The molecule has 0 heterocycles. The number of nitrogens with two attached hydrogens (primary N) is 1. The Balaban J connectivity index is 2.13. The Morgan fingerprint density at radius 1 is 1.27 bits per heavy atom. The van der Waals surface area contributed by atoms with Crippen molar-refractivity contribution in [2.45, 2.75) is 23.0 Å². The third kappa shape index (κ3) is 3.05. The van der Waals surface area contributed by atoms with E-state index in [1.54, 1.807) is 42.5 Å². The number of benzene rings is 2. The van der Waals surface area contributed by atoms with Gasteiger partial charge in [-0.25, -0.2) is 8.42 Å². The van der Waals surface area contributed by atoms with Gasteiger partial charge in [-0.1, -0.05) is 53.6 Å². The van der Waals surface area contributed by atoms with Crippen molar-refractivity contribution in [1.29, 1.82) is 0 Å². The first-order chi connectivity index (χ1) is 12.2. The molecule has 0 bridgehead atoms. The number of ether oxygens (including phenoxy) is 1. The quantitative estimate of drug-likeness (QED) is 0.739. The Hall–Kier alpha value is -1.47. The van der Waals surface area contributed by atoms with Crippen LogP contribution in [-0.4, -0.2) is 32.4 Å². The van der Waals surface area contributed by atoms with Crippen molar-refractivity contribution in [3.63, 3.8) is 0 Å². The smallest absolute Gasteiger partial charge is 0.182 e. The van der Waals surface area contributed by atoms with E-state index in [0.29, 0.717) is 5.02 Å². The standard InChI is InChI=1S/C19H20ClNO3S2/c1-12-6-8-15(9-7-12)26(22,23)17-16(13-4-3-5-14(20)10-13)19(17,11-24-2)18(21)25/h3-10,16-17H,11H2,1-2H3,(H2,21,25). The summed E-state index contributed by atoms with van der Waals surface area (Å²) in [7, 11) is -2.14. The van der Waals surface area contributed by atoms with Crippen LogP contribution in [0.2, 0.25) is 5.02 Å². The molecule has 0 aliphatic heterocycles. The molecule has 2 aromatic carbocycles. The highest BCUT2D eigenvalue weighted by Gasteiger charge is 2.73. The van der Waals surface area contributed by atoms with Gasteiger partial charge >= 0.3 is 0 Å². The summed E-state index contributed by atoms with van der Waals surface area (Å²) in [6, 6.07) is 14.0. The van der Waals surface area contributed by atoms with Gasteiger partial charge in [0.1, 0.15) is 0 Å². The fourth-order valence-corrected chi connectivity index (χ4v) is 6.65. The zero-order valence-corrected chi connectivity index (χ0v) is 16.9. The van der Waals surface area contributed by atoms with Gasteiger partial charge in [0.25, 0.3) is 0 Å². The molecule has 0 aromatic heterocycles. The average molecular weight is 410 g/mol. The number of methoxy groups -OCH3 is 1. The van der Waals surface area contributed by atoms with E-state index in [1.165, 1.54) is 7.11 Å². The molecule has 7 heteroatoms. The van der Waals surface area contributed by atoms with E-state index < -0.39 is 26.4 Å². The van der Waals surface area contributed by atoms with E-state index >= 15 is 0 Å². The number of hydrogen-bond donors (Lipinski definition) is 1. The summed E-state index contributed by atoms with van der Waals surface area (Å²) < 4.78 is 32.1. The Morgan fingerprint density at radius 2 is 1.92 bits per heavy atom. The van der Waals surface area contributed by atoms with Crippen LogP contribution < -0.4 is 5.73 Å². The molecule has 1 aliphatic carbocycles. The topological polar surface area (TPSA) is 69.4 Å². The van der Waals surface area contributed by atoms with Crippen LogP contribution >= 0.6 is 23.8 Å². The van der Waals surface area contributed by atoms with Crippen molar-refractivity contribution < 1.29 is 13.2 Å². The molecule has 3 atom stereocenters. The summed E-state index contributed by atoms with van der Waals surface area (Å²) in [5, 5.41) is -0.247. The first-order valence-electron chi connectivity index (χ1n) is 8.10. The van der Waals surface area contributed by atoms with Crippen molar-refractivity contribution >= 4 is 38.6 Å². The predicted octanol–water partition coefficient (Wildman–Crippen LogP) is 3.51. The summed E-state index contributed by atoms with van der Waals surface area (Å²) in [4.78, 5) is 0.402. The highest BCUT2D eigenvalue weighted by Crippen LogP contribution is 2.64. The van der Waals surface area contributed by atoms with Gasteiger partial charge < -0.3 is 10.5 Å². The second-order valence-electron chi connectivity index (χ2n) is 6.65. The minimum atomic E-state index is -3.66. The van der Waals surface area contributed by atoms with Gasteiger partial charge in [-0.05, 0) is 36.8 Å². The lowest BCUT2D eigenvalue weighted by atomic mass is 10.00. The molecule has 4 nitrogen and oxygen atoms in total. The predicted molar refractivity (Wildman–Crippen MR) is 107 cm³/mol. The van der Waals surface area contributed by atoms with E-state index in [0.717, 1.165) is 11.1 Å². The second-order valence-corrected chi connectivity index (χ2v) is 9.59. The lowest BCUT2D eigenvalue weighted by Gasteiger charge is -2.16. The fraction of sp³-hybridized carbons (Fsp3) is 0.316. The normalized spacial score (nSPS) is 25.0. The number of sulfone groups is 1. The number of halogens is 1. The molecule has 0 radical (unpaired) electrons. The highest BCUT2D eigenvalue weighted by molar-refractivity contribution is 7.92. The van der Waals surface area contributed by atoms with Crippen LogP contribution in [-0.2, 0) is 14.6 Å². The lowest BCUT2D eigenvalue weighted by Crippen LogP contribution is -2.33. The average Bonchev–Trinajstić information content (AvgIpc) is 3.27. The third-order valence-corrected chi connectivity index (χ3v) is 7.90. The lowest BCUT2D eigenvalue weighted by molar-refractivity contribution is 0.166. The van der Waals surface area contributed by atoms with Crippen molar-refractivity contribution in [3.05, 3.63) is 64.7 Å². The van der Waals surface area contributed by atoms with E-state index in [4.69, 9.17) is 34.3 Å². The first kappa shape index (κ1) is 19.3. The zero-order chi connectivity index (χ0) is 19.1. The van der Waals surface area contributed by atoms with Crippen molar-refractivity contribution in [3.8, 4) is 0 Å². The molecule has 3 rings (SSSR count). The maximum absolute atomic E-state index is 13.4. The Bertz CT molecular complexity index is 944. The molecular formula is C19H20ClNO3S2. The van der Waals surface area contributed by atoms with E-state index in [-0.39, 0.29) is 16.5 Å². The van der Waals surface area contributed by atoms with Gasteiger partial charge in [0.05, 0.1) is 27.2 Å². The van der Waals surface area contributed by atoms with Gasteiger partial charge in [0.2, 0.25) is 0 Å². The molecule has 1 saturated carbocycles. The first-order valence-corrected chi connectivity index (χ1v) is 10.4. The SMILES string of the molecule is COCC1(C(N)=S)C(c2cccc(Cl)c2)C1S(=O)(=O)c1ccc(C)cc1. The summed E-state index contributed by atoms with van der Waals surface area (Å²) in [6.45, 7) is 2.04.